The Labute approximate surface area is 124 Å². The lowest BCUT2D eigenvalue weighted by atomic mass is 9.93. The molecule has 0 heterocycles. The molecule has 0 saturated heterocycles. The molecule has 0 spiro atoms. The van der Waals surface area contributed by atoms with Crippen LogP contribution in [-0.2, 0) is 4.79 Å². The topological polar surface area (TPSA) is 41.1 Å². The highest BCUT2D eigenvalue weighted by molar-refractivity contribution is 5.78. The van der Waals surface area contributed by atoms with Crippen LogP contribution >= 0.6 is 0 Å². The maximum absolute atomic E-state index is 12.0. The molecule has 0 unspecified atom stereocenters. The fourth-order valence-electron chi connectivity index (χ4n) is 3.76. The summed E-state index contributed by atoms with van der Waals surface area (Å²) >= 11 is 0. The average Bonchev–Trinajstić information content (AvgIpc) is 2.75. The van der Waals surface area contributed by atoms with E-state index in [1.54, 1.807) is 0 Å². The van der Waals surface area contributed by atoms with Gasteiger partial charge in [-0.1, -0.05) is 44.9 Å². The minimum absolute atomic E-state index is 0.192. The van der Waals surface area contributed by atoms with Crippen molar-refractivity contribution in [2.45, 2.75) is 89.6 Å². The summed E-state index contributed by atoms with van der Waals surface area (Å²) in [5.41, 5.74) is 0. The number of nitrogens with one attached hydrogen (secondary N) is 2. The number of hydrogen-bond acceptors (Lipinski definition) is 2. The van der Waals surface area contributed by atoms with Gasteiger partial charge in [-0.15, -0.1) is 0 Å². The van der Waals surface area contributed by atoms with Crippen LogP contribution in [0, 0.1) is 5.92 Å². The lowest BCUT2D eigenvalue weighted by Gasteiger charge is -2.25. The van der Waals surface area contributed by atoms with E-state index in [-0.39, 0.29) is 5.91 Å². The van der Waals surface area contributed by atoms with Crippen molar-refractivity contribution in [3.63, 3.8) is 0 Å². The Balaban J connectivity index is 1.63. The molecular weight excluding hydrogens is 248 g/mol. The van der Waals surface area contributed by atoms with E-state index in [0.717, 1.165) is 5.92 Å². The Morgan fingerprint density at radius 3 is 2.15 bits per heavy atom. The maximum Gasteiger partial charge on any atom is 0.234 e. The van der Waals surface area contributed by atoms with Crippen LogP contribution in [0.3, 0.4) is 0 Å². The van der Waals surface area contributed by atoms with E-state index in [1.807, 2.05) is 0 Å². The first-order valence-corrected chi connectivity index (χ1v) is 8.78. The molecule has 1 amide bonds. The fourth-order valence-corrected chi connectivity index (χ4v) is 3.76. The number of amides is 1. The number of rotatable bonds is 5. The highest BCUT2D eigenvalue weighted by atomic mass is 16.1. The molecule has 116 valence electrons. The third kappa shape index (κ3) is 5.43. The SMILES string of the molecule is C[C@@H](NCC(=O)NC1CCCCC1)C1CCCCCC1. The minimum Gasteiger partial charge on any atom is -0.352 e. The molecule has 3 heteroatoms. The highest BCUT2D eigenvalue weighted by Gasteiger charge is 2.20. The van der Waals surface area contributed by atoms with Crippen molar-refractivity contribution >= 4 is 5.91 Å². The average molecular weight is 280 g/mol. The summed E-state index contributed by atoms with van der Waals surface area (Å²) in [6.45, 7) is 2.75. The van der Waals surface area contributed by atoms with Crippen LogP contribution in [0.1, 0.15) is 77.6 Å². The molecule has 0 aromatic carbocycles. The van der Waals surface area contributed by atoms with Crippen LogP contribution in [0.15, 0.2) is 0 Å². The zero-order valence-corrected chi connectivity index (χ0v) is 13.1. The molecule has 2 saturated carbocycles. The van der Waals surface area contributed by atoms with E-state index in [1.165, 1.54) is 70.6 Å². The summed E-state index contributed by atoms with van der Waals surface area (Å²) in [5, 5.41) is 6.65. The summed E-state index contributed by atoms with van der Waals surface area (Å²) in [6.07, 6.45) is 14.4. The maximum atomic E-state index is 12.0. The highest BCUT2D eigenvalue weighted by Crippen LogP contribution is 2.25. The second-order valence-electron chi connectivity index (χ2n) is 6.82. The summed E-state index contributed by atoms with van der Waals surface area (Å²) < 4.78 is 0. The Morgan fingerprint density at radius 2 is 1.50 bits per heavy atom. The molecule has 0 radical (unpaired) electrons. The van der Waals surface area contributed by atoms with E-state index in [9.17, 15) is 4.79 Å². The summed E-state index contributed by atoms with van der Waals surface area (Å²) in [6, 6.07) is 0.913. The molecule has 0 aromatic heterocycles. The minimum atomic E-state index is 0.192. The summed E-state index contributed by atoms with van der Waals surface area (Å²) in [5.74, 6) is 0.956. The van der Waals surface area contributed by atoms with Crippen molar-refractivity contribution in [1.82, 2.24) is 10.6 Å². The predicted molar refractivity (Wildman–Crippen MR) is 83.7 cm³/mol. The van der Waals surface area contributed by atoms with E-state index in [0.29, 0.717) is 18.6 Å². The van der Waals surface area contributed by atoms with Crippen LogP contribution in [0.25, 0.3) is 0 Å². The van der Waals surface area contributed by atoms with Gasteiger partial charge in [-0.2, -0.15) is 0 Å². The summed E-state index contributed by atoms with van der Waals surface area (Å²) in [4.78, 5) is 12.0. The number of hydrogen-bond donors (Lipinski definition) is 2. The van der Waals surface area contributed by atoms with Crippen molar-refractivity contribution in [2.75, 3.05) is 6.54 Å². The molecule has 2 aliphatic carbocycles. The molecule has 1 atom stereocenters. The third-order valence-corrected chi connectivity index (χ3v) is 5.16. The lowest BCUT2D eigenvalue weighted by molar-refractivity contribution is -0.121. The zero-order chi connectivity index (χ0) is 14.2. The fraction of sp³-hybridized carbons (Fsp3) is 0.941. The van der Waals surface area contributed by atoms with Crippen LogP contribution in [0.5, 0.6) is 0 Å². The molecule has 2 fully saturated rings. The van der Waals surface area contributed by atoms with E-state index in [4.69, 9.17) is 0 Å². The second kappa shape index (κ2) is 8.66. The van der Waals surface area contributed by atoms with E-state index < -0.39 is 0 Å². The van der Waals surface area contributed by atoms with Crippen molar-refractivity contribution in [1.29, 1.82) is 0 Å². The Bertz CT molecular complexity index is 279. The smallest absolute Gasteiger partial charge is 0.234 e. The monoisotopic (exact) mass is 280 g/mol. The van der Waals surface area contributed by atoms with Gasteiger partial charge in [0.25, 0.3) is 0 Å². The van der Waals surface area contributed by atoms with Gasteiger partial charge in [-0.25, -0.2) is 0 Å². The van der Waals surface area contributed by atoms with Gasteiger partial charge in [0.2, 0.25) is 5.91 Å². The van der Waals surface area contributed by atoms with Gasteiger partial charge in [0.1, 0.15) is 0 Å². The van der Waals surface area contributed by atoms with Gasteiger partial charge in [-0.3, -0.25) is 4.79 Å². The molecule has 20 heavy (non-hydrogen) atoms. The third-order valence-electron chi connectivity index (χ3n) is 5.16. The zero-order valence-electron chi connectivity index (χ0n) is 13.1. The molecule has 2 aliphatic rings. The van der Waals surface area contributed by atoms with E-state index >= 15 is 0 Å². The number of carbonyl (C=O) groups is 1. The standard InChI is InChI=1S/C17H32N2O/c1-14(15-9-5-2-3-6-10-15)18-13-17(20)19-16-11-7-4-8-12-16/h14-16,18H,2-13H2,1H3,(H,19,20)/t14-/m1/s1. The van der Waals surface area contributed by atoms with Crippen molar-refractivity contribution in [3.05, 3.63) is 0 Å². The lowest BCUT2D eigenvalue weighted by Crippen LogP contribution is -2.44. The van der Waals surface area contributed by atoms with Gasteiger partial charge in [0, 0.05) is 12.1 Å². The normalized spacial score (nSPS) is 24.1. The molecule has 0 aromatic rings. The van der Waals surface area contributed by atoms with Crippen LogP contribution < -0.4 is 10.6 Å². The van der Waals surface area contributed by atoms with Crippen molar-refractivity contribution in [2.24, 2.45) is 5.92 Å². The Kier molecular flexibility index (Phi) is 6.85. The van der Waals surface area contributed by atoms with Gasteiger partial charge in [-0.05, 0) is 38.5 Å². The molecule has 0 aliphatic heterocycles. The first-order valence-electron chi connectivity index (χ1n) is 8.78. The molecular formula is C17H32N2O. The largest absolute Gasteiger partial charge is 0.352 e. The first kappa shape index (κ1) is 15.8. The van der Waals surface area contributed by atoms with Crippen molar-refractivity contribution in [3.8, 4) is 0 Å². The Morgan fingerprint density at radius 1 is 0.950 bits per heavy atom. The second-order valence-corrected chi connectivity index (χ2v) is 6.82. The number of carbonyl (C=O) groups excluding carboxylic acids is 1. The first-order chi connectivity index (χ1) is 9.75. The predicted octanol–water partition coefficient (Wildman–Crippen LogP) is 3.38. The van der Waals surface area contributed by atoms with Crippen LogP contribution in [0.2, 0.25) is 0 Å². The van der Waals surface area contributed by atoms with E-state index in [2.05, 4.69) is 17.6 Å². The van der Waals surface area contributed by atoms with Crippen LogP contribution in [0.4, 0.5) is 0 Å². The van der Waals surface area contributed by atoms with Gasteiger partial charge >= 0.3 is 0 Å². The summed E-state index contributed by atoms with van der Waals surface area (Å²) in [7, 11) is 0. The van der Waals surface area contributed by atoms with Crippen LogP contribution in [-0.4, -0.2) is 24.5 Å². The van der Waals surface area contributed by atoms with Gasteiger partial charge in [0.05, 0.1) is 6.54 Å². The molecule has 2 N–H and O–H groups in total. The quantitative estimate of drug-likeness (QED) is 0.758. The molecule has 2 rings (SSSR count). The van der Waals surface area contributed by atoms with Gasteiger partial charge in [0.15, 0.2) is 0 Å². The van der Waals surface area contributed by atoms with Crippen molar-refractivity contribution < 1.29 is 4.79 Å². The Hall–Kier alpha value is -0.570. The van der Waals surface area contributed by atoms with Gasteiger partial charge < -0.3 is 10.6 Å². The molecule has 3 nitrogen and oxygen atoms in total. The molecule has 0 bridgehead atoms.